The average Bonchev–Trinajstić information content (AvgIpc) is 3.19. The van der Waals surface area contributed by atoms with E-state index in [-0.39, 0.29) is 54.1 Å². The van der Waals surface area contributed by atoms with E-state index in [1.54, 1.807) is 0 Å². The topological polar surface area (TPSA) is 51.6 Å². The normalized spacial score (nSPS) is 13.0. The van der Waals surface area contributed by atoms with Gasteiger partial charge in [0.1, 0.15) is 0 Å². The van der Waals surface area contributed by atoms with Gasteiger partial charge >= 0.3 is 0 Å². The number of pyridine rings is 4. The van der Waals surface area contributed by atoms with Crippen LogP contribution in [0.3, 0.4) is 0 Å². The van der Waals surface area contributed by atoms with Gasteiger partial charge in [-0.2, -0.15) is 0 Å². The molecule has 0 aliphatic heterocycles. The Balaban J connectivity index is 0.000000437. The van der Waals surface area contributed by atoms with Crippen molar-refractivity contribution < 1.29 is 0 Å². The summed E-state index contributed by atoms with van der Waals surface area (Å²) in [4.78, 5) is 17.9. The van der Waals surface area contributed by atoms with Gasteiger partial charge in [-0.25, -0.2) is 0 Å². The van der Waals surface area contributed by atoms with E-state index in [9.17, 15) is 0 Å². The number of aromatic nitrogens is 4. The van der Waals surface area contributed by atoms with Crippen LogP contribution in [0.1, 0.15) is 264 Å². The molecule has 5 aromatic rings. The van der Waals surface area contributed by atoms with Gasteiger partial charge in [0.25, 0.3) is 0 Å². The molecule has 0 unspecified atom stereocenters. The minimum Gasteiger partial charge on any atom is -0.264 e. The first-order valence-corrected chi connectivity index (χ1v) is 26.0. The van der Waals surface area contributed by atoms with Crippen LogP contribution in [0.4, 0.5) is 0 Å². The molecular weight excluding hydrogens is 849 g/mol. The van der Waals surface area contributed by atoms with E-state index in [1.165, 1.54) is 56.2 Å². The largest absolute Gasteiger partial charge is 0.264 e. The minimum atomic E-state index is 0.140. The van der Waals surface area contributed by atoms with Crippen molar-refractivity contribution in [3.8, 4) is 0 Å². The third-order valence-corrected chi connectivity index (χ3v) is 12.1. The lowest BCUT2D eigenvalue weighted by molar-refractivity contribution is 0.531. The van der Waals surface area contributed by atoms with Gasteiger partial charge in [-0.15, -0.1) is 0 Å². The lowest BCUT2D eigenvalue weighted by atomic mass is 9.81. The Labute approximate surface area is 433 Å². The number of benzene rings is 1. The second kappa shape index (κ2) is 23.6. The van der Waals surface area contributed by atoms with Crippen LogP contribution in [0, 0.1) is 0 Å². The summed E-state index contributed by atoms with van der Waals surface area (Å²) in [5.74, 6) is 0. The molecular formula is C66H106N4. The van der Waals surface area contributed by atoms with Crippen LogP contribution in [-0.4, -0.2) is 19.9 Å². The van der Waals surface area contributed by atoms with Crippen molar-refractivity contribution in [3.63, 3.8) is 0 Å². The molecule has 390 valence electrons. The zero-order valence-electron chi connectivity index (χ0n) is 51.0. The summed E-state index contributed by atoms with van der Waals surface area (Å²) >= 11 is 0. The molecule has 0 spiro atoms. The SMILES string of the molecule is CC(C)(C)c1cccc(C(C)(C)C)c1.CC(C)(C)c1cccc(C(C)(C)C)n1.CC(C)(C)c1ccnc(C(C)(C)C)c1.CC(C)(C)c1ccnc(C(C)(C)C)c1.CC(C)(C)c1cncc(C(C)(C)C)c1. The molecule has 0 saturated carbocycles. The highest BCUT2D eigenvalue weighted by Gasteiger charge is 2.24. The van der Waals surface area contributed by atoms with Gasteiger partial charge in [0.2, 0.25) is 0 Å². The molecule has 0 amide bonds. The van der Waals surface area contributed by atoms with E-state index in [0.717, 1.165) is 0 Å². The van der Waals surface area contributed by atoms with E-state index in [1.807, 2.05) is 24.8 Å². The van der Waals surface area contributed by atoms with Crippen LogP contribution < -0.4 is 0 Å². The first-order valence-electron chi connectivity index (χ1n) is 26.0. The van der Waals surface area contributed by atoms with Crippen LogP contribution >= 0.6 is 0 Å². The van der Waals surface area contributed by atoms with Gasteiger partial charge < -0.3 is 0 Å². The van der Waals surface area contributed by atoms with E-state index >= 15 is 0 Å². The molecule has 0 fully saturated rings. The predicted molar refractivity (Wildman–Crippen MR) is 310 cm³/mol. The fourth-order valence-electron chi connectivity index (χ4n) is 6.60. The summed E-state index contributed by atoms with van der Waals surface area (Å²) in [6.45, 7) is 66.6. The van der Waals surface area contributed by atoms with Gasteiger partial charge in [0, 0.05) is 69.2 Å². The highest BCUT2D eigenvalue weighted by atomic mass is 14.7. The minimum absolute atomic E-state index is 0.140. The Kier molecular flexibility index (Phi) is 21.5. The number of hydrogen-bond donors (Lipinski definition) is 0. The summed E-state index contributed by atoms with van der Waals surface area (Å²) < 4.78 is 0. The number of rotatable bonds is 0. The molecule has 0 N–H and O–H groups in total. The van der Waals surface area contributed by atoms with Gasteiger partial charge in [-0.3, -0.25) is 19.9 Å². The van der Waals surface area contributed by atoms with E-state index in [4.69, 9.17) is 4.98 Å². The first-order chi connectivity index (χ1) is 31.1. The van der Waals surface area contributed by atoms with E-state index < -0.39 is 0 Å². The summed E-state index contributed by atoms with van der Waals surface area (Å²) in [5, 5.41) is 0. The Morgan fingerprint density at radius 2 is 0.486 bits per heavy atom. The van der Waals surface area contributed by atoms with Crippen molar-refractivity contribution in [1.29, 1.82) is 0 Å². The molecule has 0 aliphatic carbocycles. The van der Waals surface area contributed by atoms with Crippen LogP contribution in [0.5, 0.6) is 0 Å². The summed E-state index contributed by atoms with van der Waals surface area (Å²) in [5.41, 5.74) is 14.7. The molecule has 4 nitrogen and oxygen atoms in total. The van der Waals surface area contributed by atoms with E-state index in [0.29, 0.717) is 0 Å². The number of nitrogens with zero attached hydrogens (tertiary/aromatic N) is 4. The molecule has 70 heavy (non-hydrogen) atoms. The fourth-order valence-corrected chi connectivity index (χ4v) is 6.60. The molecule has 0 aliphatic rings. The molecule has 4 aromatic heterocycles. The Bertz CT molecular complexity index is 1810. The predicted octanol–water partition coefficient (Wildman–Crippen LogP) is 19.0. The van der Waals surface area contributed by atoms with E-state index in [2.05, 4.69) is 295 Å². The maximum absolute atomic E-state index is 4.72. The summed E-state index contributed by atoms with van der Waals surface area (Å²) in [7, 11) is 0. The third kappa shape index (κ3) is 22.5. The zero-order valence-corrected chi connectivity index (χ0v) is 51.0. The Morgan fingerprint density at radius 3 is 0.743 bits per heavy atom. The highest BCUT2D eigenvalue weighted by Crippen LogP contribution is 2.31. The molecule has 0 radical (unpaired) electrons. The molecule has 0 atom stereocenters. The quantitative estimate of drug-likeness (QED) is 0.155. The molecule has 4 heterocycles. The van der Waals surface area contributed by atoms with Crippen molar-refractivity contribution in [1.82, 2.24) is 19.9 Å². The second-order valence-corrected chi connectivity index (χ2v) is 29.8. The van der Waals surface area contributed by atoms with Crippen LogP contribution in [0.25, 0.3) is 0 Å². The molecule has 4 heteroatoms. The van der Waals surface area contributed by atoms with Crippen molar-refractivity contribution in [3.05, 3.63) is 154 Å². The Morgan fingerprint density at radius 1 is 0.243 bits per heavy atom. The second-order valence-electron chi connectivity index (χ2n) is 29.8. The van der Waals surface area contributed by atoms with Crippen LogP contribution in [0.2, 0.25) is 0 Å². The maximum Gasteiger partial charge on any atom is 0.0460 e. The Hall–Kier alpha value is -4.18. The average molecular weight is 956 g/mol. The van der Waals surface area contributed by atoms with Gasteiger partial charge in [0.15, 0.2) is 0 Å². The monoisotopic (exact) mass is 955 g/mol. The smallest absolute Gasteiger partial charge is 0.0460 e. The lowest BCUT2D eigenvalue weighted by Gasteiger charge is -2.24. The van der Waals surface area contributed by atoms with Crippen LogP contribution in [0.15, 0.2) is 97.6 Å². The maximum atomic E-state index is 4.72. The molecule has 5 rings (SSSR count). The van der Waals surface area contributed by atoms with Crippen molar-refractivity contribution in [2.75, 3.05) is 0 Å². The third-order valence-electron chi connectivity index (χ3n) is 12.1. The standard InChI is InChI=1S/C14H22.4C13H21N/c1-13(2,3)11-8-7-9-12(10-11)14(4,5)6;1-12(2,3)10-7-11(9-14-8-10)13(4,5)6;2*1-12(2,3)10-7-8-14-11(9-10)13(4,5)6;1-12(2,3)10-8-7-9-11(14-10)13(4,5)6/h7-10H,1-6H3;4*7-9H,1-6H3. The summed E-state index contributed by atoms with van der Waals surface area (Å²) in [6.07, 6.45) is 7.77. The molecule has 1 aromatic carbocycles. The van der Waals surface area contributed by atoms with Crippen LogP contribution in [-0.2, 0) is 54.1 Å². The highest BCUT2D eigenvalue weighted by molar-refractivity contribution is 5.33. The fraction of sp³-hybridized carbons (Fsp3) is 0.606. The van der Waals surface area contributed by atoms with Gasteiger partial charge in [-0.05, 0) is 102 Å². The molecule has 0 saturated heterocycles. The first kappa shape index (κ1) is 63.8. The van der Waals surface area contributed by atoms with Gasteiger partial charge in [-0.1, -0.05) is 244 Å². The summed E-state index contributed by atoms with van der Waals surface area (Å²) in [6, 6.07) is 26.2. The van der Waals surface area contributed by atoms with Crippen molar-refractivity contribution in [2.24, 2.45) is 0 Å². The number of hydrogen-bond acceptors (Lipinski definition) is 4. The van der Waals surface area contributed by atoms with Crippen molar-refractivity contribution in [2.45, 2.75) is 262 Å². The van der Waals surface area contributed by atoms with Gasteiger partial charge in [0.05, 0.1) is 0 Å². The van der Waals surface area contributed by atoms with Crippen molar-refractivity contribution >= 4 is 0 Å². The molecule has 0 bridgehead atoms. The zero-order chi connectivity index (χ0) is 54.9. The lowest BCUT2D eigenvalue weighted by Crippen LogP contribution is -2.19.